The summed E-state index contributed by atoms with van der Waals surface area (Å²) >= 11 is 0. The lowest BCUT2D eigenvalue weighted by atomic mass is 10.2. The molecule has 2 N–H and O–H groups in total. The summed E-state index contributed by atoms with van der Waals surface area (Å²) in [5, 5.41) is 12.5. The fourth-order valence-electron chi connectivity index (χ4n) is 1.51. The molecule has 0 aliphatic rings. The van der Waals surface area contributed by atoms with Crippen LogP contribution in [0.1, 0.15) is 12.5 Å². The molecule has 0 aliphatic carbocycles. The van der Waals surface area contributed by atoms with E-state index in [1.807, 2.05) is 6.92 Å². The van der Waals surface area contributed by atoms with Gasteiger partial charge in [-0.25, -0.2) is 4.39 Å². The highest BCUT2D eigenvalue weighted by Crippen LogP contribution is 2.19. The minimum absolute atomic E-state index is 0.127. The first kappa shape index (κ1) is 14.9. The number of aliphatic hydroxyl groups excluding tert-OH is 1. The van der Waals surface area contributed by atoms with Crippen molar-refractivity contribution in [2.75, 3.05) is 26.9 Å². The summed E-state index contributed by atoms with van der Waals surface area (Å²) < 4.78 is 23.6. The number of hydrogen-bond acceptors (Lipinski definition) is 4. The van der Waals surface area contributed by atoms with E-state index in [-0.39, 0.29) is 19.0 Å². The van der Waals surface area contributed by atoms with Gasteiger partial charge >= 0.3 is 0 Å². The molecule has 1 unspecified atom stereocenters. The number of halogens is 1. The number of ether oxygens (including phenoxy) is 2. The van der Waals surface area contributed by atoms with Crippen LogP contribution in [-0.2, 0) is 11.3 Å². The third-order valence-electron chi connectivity index (χ3n) is 2.34. The SMILES string of the molecule is CCOCC(O)COc1ccc(F)cc1CNC. The summed E-state index contributed by atoms with van der Waals surface area (Å²) in [6.45, 7) is 3.28. The summed E-state index contributed by atoms with van der Waals surface area (Å²) in [6.07, 6.45) is -0.683. The standard InChI is InChI=1S/C13H20FNO3/c1-3-17-8-12(16)9-18-13-5-4-11(14)6-10(13)7-15-2/h4-6,12,15-16H,3,7-9H2,1-2H3. The van der Waals surface area contributed by atoms with Gasteiger partial charge in [-0.3, -0.25) is 0 Å². The second-order valence-electron chi connectivity index (χ2n) is 3.91. The van der Waals surface area contributed by atoms with Crippen molar-refractivity contribution in [2.45, 2.75) is 19.6 Å². The molecule has 1 aromatic rings. The van der Waals surface area contributed by atoms with E-state index in [0.717, 1.165) is 5.56 Å². The van der Waals surface area contributed by atoms with Gasteiger partial charge in [-0.15, -0.1) is 0 Å². The highest BCUT2D eigenvalue weighted by Gasteiger charge is 2.09. The molecule has 0 saturated carbocycles. The monoisotopic (exact) mass is 257 g/mol. The van der Waals surface area contributed by atoms with Gasteiger partial charge < -0.3 is 19.9 Å². The number of aliphatic hydroxyl groups is 1. The Bertz CT molecular complexity index is 360. The van der Waals surface area contributed by atoms with Gasteiger partial charge in [0.25, 0.3) is 0 Å². The second-order valence-corrected chi connectivity index (χ2v) is 3.91. The molecule has 0 aromatic heterocycles. The van der Waals surface area contributed by atoms with Crippen LogP contribution in [0.5, 0.6) is 5.75 Å². The Hall–Kier alpha value is -1.17. The molecule has 18 heavy (non-hydrogen) atoms. The summed E-state index contributed by atoms with van der Waals surface area (Å²) in [5.74, 6) is 0.267. The molecule has 0 saturated heterocycles. The fourth-order valence-corrected chi connectivity index (χ4v) is 1.51. The number of nitrogens with one attached hydrogen (secondary N) is 1. The predicted molar refractivity (Wildman–Crippen MR) is 67.2 cm³/mol. The van der Waals surface area contributed by atoms with E-state index in [9.17, 15) is 9.50 Å². The summed E-state index contributed by atoms with van der Waals surface area (Å²) in [7, 11) is 1.78. The number of benzene rings is 1. The highest BCUT2D eigenvalue weighted by molar-refractivity contribution is 5.33. The Balaban J connectivity index is 2.55. The van der Waals surface area contributed by atoms with Crippen LogP contribution < -0.4 is 10.1 Å². The van der Waals surface area contributed by atoms with Gasteiger partial charge in [0.05, 0.1) is 6.61 Å². The largest absolute Gasteiger partial charge is 0.490 e. The second kappa shape index (κ2) is 8.02. The third kappa shape index (κ3) is 5.00. The van der Waals surface area contributed by atoms with Crippen LogP contribution in [0.25, 0.3) is 0 Å². The van der Waals surface area contributed by atoms with Crippen molar-refractivity contribution < 1.29 is 19.0 Å². The molecule has 102 valence electrons. The molecule has 0 heterocycles. The molecular weight excluding hydrogens is 237 g/mol. The maximum absolute atomic E-state index is 13.1. The smallest absolute Gasteiger partial charge is 0.124 e. The Morgan fingerprint density at radius 2 is 2.17 bits per heavy atom. The highest BCUT2D eigenvalue weighted by atomic mass is 19.1. The van der Waals surface area contributed by atoms with Crippen molar-refractivity contribution in [3.8, 4) is 5.75 Å². The summed E-state index contributed by atoms with van der Waals surface area (Å²) in [4.78, 5) is 0. The average Bonchev–Trinajstić information content (AvgIpc) is 2.36. The number of rotatable bonds is 8. The Morgan fingerprint density at radius 3 is 2.83 bits per heavy atom. The van der Waals surface area contributed by atoms with E-state index in [1.54, 1.807) is 13.1 Å². The lowest BCUT2D eigenvalue weighted by molar-refractivity contribution is 0.0162. The van der Waals surface area contributed by atoms with Gasteiger partial charge in [0, 0.05) is 18.7 Å². The summed E-state index contributed by atoms with van der Waals surface area (Å²) in [6, 6.07) is 4.32. The molecule has 0 fully saturated rings. The van der Waals surface area contributed by atoms with Crippen molar-refractivity contribution >= 4 is 0 Å². The minimum atomic E-state index is -0.683. The minimum Gasteiger partial charge on any atom is -0.490 e. The first-order chi connectivity index (χ1) is 8.67. The molecule has 1 aromatic carbocycles. The van der Waals surface area contributed by atoms with Gasteiger partial charge in [-0.2, -0.15) is 0 Å². The van der Waals surface area contributed by atoms with E-state index < -0.39 is 6.10 Å². The average molecular weight is 257 g/mol. The van der Waals surface area contributed by atoms with E-state index >= 15 is 0 Å². The van der Waals surface area contributed by atoms with Crippen molar-refractivity contribution in [1.82, 2.24) is 5.32 Å². The maximum Gasteiger partial charge on any atom is 0.124 e. The molecule has 0 bridgehead atoms. The van der Waals surface area contributed by atoms with Gasteiger partial charge in [0.1, 0.15) is 24.3 Å². The quantitative estimate of drug-likeness (QED) is 0.737. The van der Waals surface area contributed by atoms with E-state index in [1.165, 1.54) is 12.1 Å². The van der Waals surface area contributed by atoms with Crippen molar-refractivity contribution in [3.63, 3.8) is 0 Å². The molecule has 5 heteroatoms. The van der Waals surface area contributed by atoms with Crippen LogP contribution in [0, 0.1) is 5.82 Å². The van der Waals surface area contributed by atoms with Gasteiger partial charge in [-0.1, -0.05) is 0 Å². The first-order valence-corrected chi connectivity index (χ1v) is 5.99. The zero-order chi connectivity index (χ0) is 13.4. The normalized spacial score (nSPS) is 12.4. The lowest BCUT2D eigenvalue weighted by Gasteiger charge is -2.15. The van der Waals surface area contributed by atoms with Crippen LogP contribution >= 0.6 is 0 Å². The van der Waals surface area contributed by atoms with Gasteiger partial charge in [-0.05, 0) is 32.2 Å². The molecule has 0 aliphatic heterocycles. The summed E-state index contributed by atoms with van der Waals surface area (Å²) in [5.41, 5.74) is 0.723. The predicted octanol–water partition coefficient (Wildman–Crippen LogP) is 1.32. The van der Waals surface area contributed by atoms with Gasteiger partial charge in [0.2, 0.25) is 0 Å². The fraction of sp³-hybridized carbons (Fsp3) is 0.538. The van der Waals surface area contributed by atoms with E-state index in [0.29, 0.717) is 18.9 Å². The van der Waals surface area contributed by atoms with Gasteiger partial charge in [0.15, 0.2) is 0 Å². The van der Waals surface area contributed by atoms with Crippen LogP contribution in [0.15, 0.2) is 18.2 Å². The lowest BCUT2D eigenvalue weighted by Crippen LogP contribution is -2.24. The molecule has 1 atom stereocenters. The van der Waals surface area contributed by atoms with Crippen LogP contribution in [0.2, 0.25) is 0 Å². The first-order valence-electron chi connectivity index (χ1n) is 5.99. The maximum atomic E-state index is 13.1. The van der Waals surface area contributed by atoms with Crippen LogP contribution in [0.3, 0.4) is 0 Å². The van der Waals surface area contributed by atoms with Crippen LogP contribution in [-0.4, -0.2) is 38.1 Å². The third-order valence-corrected chi connectivity index (χ3v) is 2.34. The molecule has 1 rings (SSSR count). The Morgan fingerprint density at radius 1 is 1.39 bits per heavy atom. The van der Waals surface area contributed by atoms with E-state index in [2.05, 4.69) is 5.32 Å². The zero-order valence-electron chi connectivity index (χ0n) is 10.8. The molecule has 4 nitrogen and oxygen atoms in total. The Kier molecular flexibility index (Phi) is 6.64. The molecule has 0 spiro atoms. The van der Waals surface area contributed by atoms with Crippen molar-refractivity contribution in [3.05, 3.63) is 29.6 Å². The Labute approximate surface area is 107 Å². The molecule has 0 radical (unpaired) electrons. The number of hydrogen-bond donors (Lipinski definition) is 2. The van der Waals surface area contributed by atoms with Crippen molar-refractivity contribution in [2.24, 2.45) is 0 Å². The van der Waals surface area contributed by atoms with Crippen molar-refractivity contribution in [1.29, 1.82) is 0 Å². The van der Waals surface area contributed by atoms with E-state index in [4.69, 9.17) is 9.47 Å². The topological polar surface area (TPSA) is 50.7 Å². The zero-order valence-corrected chi connectivity index (χ0v) is 10.8. The van der Waals surface area contributed by atoms with Crippen LogP contribution in [0.4, 0.5) is 4.39 Å². The molecule has 0 amide bonds. The molecular formula is C13H20FNO3.